The van der Waals surface area contributed by atoms with Crippen LogP contribution in [-0.4, -0.2) is 62.3 Å². The molecule has 1 N–H and O–H groups in total. The summed E-state index contributed by atoms with van der Waals surface area (Å²) in [6, 6.07) is 6.87. The second-order valence-electron chi connectivity index (χ2n) is 8.27. The van der Waals surface area contributed by atoms with Gasteiger partial charge in [-0.3, -0.25) is 5.32 Å². The van der Waals surface area contributed by atoms with Crippen LogP contribution in [0.1, 0.15) is 25.5 Å². The van der Waals surface area contributed by atoms with Gasteiger partial charge in [-0.2, -0.15) is 5.26 Å². The maximum absolute atomic E-state index is 12.4. The molecule has 4 heterocycles. The van der Waals surface area contributed by atoms with E-state index in [1.165, 1.54) is 12.1 Å². The molecule has 2 saturated heterocycles. The highest BCUT2D eigenvalue weighted by atomic mass is 16.6. The van der Waals surface area contributed by atoms with Crippen LogP contribution in [0.3, 0.4) is 0 Å². The first-order chi connectivity index (χ1) is 15.0. The second kappa shape index (κ2) is 9.27. The van der Waals surface area contributed by atoms with Gasteiger partial charge in [0.25, 0.3) is 5.95 Å². The number of carbonyl (C=O) groups is 1. The highest BCUT2D eigenvalue weighted by molar-refractivity contribution is 5.89. The number of rotatable bonds is 4. The quantitative estimate of drug-likeness (QED) is 0.799. The molecular weight excluding hydrogens is 396 g/mol. The Morgan fingerprint density at radius 3 is 2.61 bits per heavy atom. The summed E-state index contributed by atoms with van der Waals surface area (Å²) in [5.74, 6) is 1.21. The molecule has 2 aliphatic rings. The molecule has 0 aliphatic carbocycles. The summed E-state index contributed by atoms with van der Waals surface area (Å²) < 4.78 is 10.3. The van der Waals surface area contributed by atoms with Gasteiger partial charge < -0.3 is 23.9 Å². The molecule has 164 valence electrons. The lowest BCUT2D eigenvalue weighted by Crippen LogP contribution is -2.44. The fraction of sp³-hybridized carbons (Fsp3) is 0.500. The van der Waals surface area contributed by atoms with Gasteiger partial charge in [-0.1, -0.05) is 6.92 Å². The lowest BCUT2D eigenvalue weighted by atomic mass is 9.99. The van der Waals surface area contributed by atoms with Crippen molar-refractivity contribution in [2.24, 2.45) is 5.92 Å². The summed E-state index contributed by atoms with van der Waals surface area (Å²) in [4.78, 5) is 23.9. The maximum Gasteiger partial charge on any atom is 0.420 e. The standard InChI is InChI=1S/C22H28N6O3/c1-16-5-7-28(8-6-16)19-13-17(27-11-9-26(2)10-12-27)15-24-21(19)25-22(29)31-20-4-3-18(14-23)30-20/h3-4,13,15-16H,5-12H2,1-2H3,(H,24,25,29). The van der Waals surface area contributed by atoms with Crippen LogP contribution >= 0.6 is 0 Å². The number of nitrogens with one attached hydrogen (secondary N) is 1. The van der Waals surface area contributed by atoms with E-state index in [0.29, 0.717) is 11.7 Å². The summed E-state index contributed by atoms with van der Waals surface area (Å²) in [5, 5.41) is 11.6. The van der Waals surface area contributed by atoms with E-state index in [1.807, 2.05) is 6.07 Å². The number of aromatic nitrogens is 1. The van der Waals surface area contributed by atoms with Crippen molar-refractivity contribution in [2.45, 2.75) is 19.8 Å². The molecule has 2 aromatic rings. The Kier molecular flexibility index (Phi) is 6.28. The van der Waals surface area contributed by atoms with Gasteiger partial charge >= 0.3 is 6.09 Å². The third-order valence-electron chi connectivity index (χ3n) is 5.95. The third-order valence-corrected chi connectivity index (χ3v) is 5.95. The fourth-order valence-electron chi connectivity index (χ4n) is 3.92. The number of hydrogen-bond acceptors (Lipinski definition) is 8. The van der Waals surface area contributed by atoms with Crippen LogP contribution in [0, 0.1) is 17.2 Å². The number of carbonyl (C=O) groups excluding carboxylic acids is 1. The second-order valence-corrected chi connectivity index (χ2v) is 8.27. The molecule has 9 nitrogen and oxygen atoms in total. The molecule has 0 aromatic carbocycles. The summed E-state index contributed by atoms with van der Waals surface area (Å²) >= 11 is 0. The first-order valence-electron chi connectivity index (χ1n) is 10.7. The van der Waals surface area contributed by atoms with E-state index < -0.39 is 6.09 Å². The average molecular weight is 425 g/mol. The number of pyridine rings is 1. The number of piperidine rings is 1. The van der Waals surface area contributed by atoms with E-state index in [-0.39, 0.29) is 11.7 Å². The Bertz CT molecular complexity index is 952. The SMILES string of the molecule is CC1CCN(c2cc(N3CCN(C)CC3)cnc2NC(=O)Oc2ccc(C#N)o2)CC1. The van der Waals surface area contributed by atoms with Crippen molar-refractivity contribution in [1.82, 2.24) is 9.88 Å². The molecule has 0 bridgehead atoms. The van der Waals surface area contributed by atoms with Crippen molar-refractivity contribution in [3.8, 4) is 12.0 Å². The van der Waals surface area contributed by atoms with E-state index in [0.717, 1.165) is 63.5 Å². The zero-order valence-electron chi connectivity index (χ0n) is 18.0. The molecule has 0 radical (unpaired) electrons. The van der Waals surface area contributed by atoms with Crippen molar-refractivity contribution >= 4 is 23.3 Å². The molecule has 31 heavy (non-hydrogen) atoms. The number of nitrogens with zero attached hydrogens (tertiary/aromatic N) is 5. The number of nitriles is 1. The van der Waals surface area contributed by atoms with E-state index in [2.05, 4.69) is 45.0 Å². The van der Waals surface area contributed by atoms with Crippen LogP contribution in [0.4, 0.5) is 22.0 Å². The fourth-order valence-corrected chi connectivity index (χ4v) is 3.92. The molecule has 0 spiro atoms. The monoisotopic (exact) mass is 424 g/mol. The van der Waals surface area contributed by atoms with Crippen molar-refractivity contribution in [2.75, 3.05) is 61.4 Å². The molecule has 1 amide bonds. The predicted octanol–water partition coefficient (Wildman–Crippen LogP) is 3.15. The Balaban J connectivity index is 1.53. The first kappa shape index (κ1) is 21.0. The molecule has 2 aliphatic heterocycles. The number of hydrogen-bond donors (Lipinski definition) is 1. The molecular formula is C22H28N6O3. The minimum atomic E-state index is -0.703. The number of anilines is 3. The van der Waals surface area contributed by atoms with Crippen molar-refractivity contribution in [3.63, 3.8) is 0 Å². The molecule has 2 fully saturated rings. The smallest absolute Gasteiger partial charge is 0.414 e. The van der Waals surface area contributed by atoms with Crippen molar-refractivity contribution < 1.29 is 13.9 Å². The number of piperazine rings is 1. The summed E-state index contributed by atoms with van der Waals surface area (Å²) in [6.07, 6.45) is 3.31. The van der Waals surface area contributed by atoms with Gasteiger partial charge in [0.2, 0.25) is 5.76 Å². The molecule has 4 rings (SSSR count). The van der Waals surface area contributed by atoms with Crippen LogP contribution < -0.4 is 19.9 Å². The van der Waals surface area contributed by atoms with E-state index >= 15 is 0 Å². The highest BCUT2D eigenvalue weighted by Gasteiger charge is 2.23. The minimum absolute atomic E-state index is 0.0311. The largest absolute Gasteiger partial charge is 0.420 e. The highest BCUT2D eigenvalue weighted by Crippen LogP contribution is 2.32. The first-order valence-corrected chi connectivity index (χ1v) is 10.7. The molecule has 9 heteroatoms. The van der Waals surface area contributed by atoms with E-state index in [1.54, 1.807) is 6.20 Å². The molecule has 0 unspecified atom stereocenters. The topological polar surface area (TPSA) is 97.9 Å². The zero-order chi connectivity index (χ0) is 21.8. The molecule has 2 aromatic heterocycles. The predicted molar refractivity (Wildman–Crippen MR) is 118 cm³/mol. The lowest BCUT2D eigenvalue weighted by molar-refractivity contribution is 0.201. The van der Waals surface area contributed by atoms with Crippen molar-refractivity contribution in [1.29, 1.82) is 5.26 Å². The summed E-state index contributed by atoms with van der Waals surface area (Å²) in [7, 11) is 2.13. The average Bonchev–Trinajstić information content (AvgIpc) is 3.23. The number of likely N-dealkylation sites (N-methyl/N-ethyl adjacent to an activating group) is 1. The zero-order valence-corrected chi connectivity index (χ0v) is 18.0. The van der Waals surface area contributed by atoms with E-state index in [4.69, 9.17) is 14.4 Å². The Labute approximate surface area is 182 Å². The third kappa shape index (κ3) is 5.09. The van der Waals surface area contributed by atoms with E-state index in [9.17, 15) is 4.79 Å². The van der Waals surface area contributed by atoms with Gasteiger partial charge in [0, 0.05) is 45.3 Å². The van der Waals surface area contributed by atoms with Crippen LogP contribution in [0.15, 0.2) is 28.8 Å². The minimum Gasteiger partial charge on any atom is -0.414 e. The van der Waals surface area contributed by atoms with Crippen molar-refractivity contribution in [3.05, 3.63) is 30.2 Å². The van der Waals surface area contributed by atoms with Gasteiger partial charge in [-0.05, 0) is 37.9 Å². The number of amides is 1. The Hall–Kier alpha value is -3.25. The van der Waals surface area contributed by atoms with Crippen LogP contribution in [0.25, 0.3) is 0 Å². The van der Waals surface area contributed by atoms with Gasteiger partial charge in [-0.25, -0.2) is 9.78 Å². The van der Waals surface area contributed by atoms with Gasteiger partial charge in [0.05, 0.1) is 17.6 Å². The van der Waals surface area contributed by atoms with Crippen LogP contribution in [0.2, 0.25) is 0 Å². The maximum atomic E-state index is 12.4. The van der Waals surface area contributed by atoms with Crippen LogP contribution in [-0.2, 0) is 0 Å². The molecule has 0 atom stereocenters. The normalized spacial score (nSPS) is 18.0. The van der Waals surface area contributed by atoms with Gasteiger partial charge in [0.1, 0.15) is 6.07 Å². The van der Waals surface area contributed by atoms with Gasteiger partial charge in [-0.15, -0.1) is 0 Å². The van der Waals surface area contributed by atoms with Crippen LogP contribution in [0.5, 0.6) is 5.95 Å². The Morgan fingerprint density at radius 2 is 1.94 bits per heavy atom. The number of furan rings is 1. The van der Waals surface area contributed by atoms with Gasteiger partial charge in [0.15, 0.2) is 5.82 Å². The summed E-state index contributed by atoms with van der Waals surface area (Å²) in [5.41, 5.74) is 1.96. The Morgan fingerprint density at radius 1 is 1.19 bits per heavy atom. The summed E-state index contributed by atoms with van der Waals surface area (Å²) in [6.45, 7) is 8.02. The number of ether oxygens (including phenoxy) is 1. The lowest BCUT2D eigenvalue weighted by Gasteiger charge is -2.36. The molecule has 0 saturated carbocycles.